The van der Waals surface area contributed by atoms with Crippen LogP contribution < -0.4 is 4.74 Å². The molecule has 4 heteroatoms. The fourth-order valence-corrected chi connectivity index (χ4v) is 3.35. The highest BCUT2D eigenvalue weighted by Gasteiger charge is 2.21. The molecule has 0 bridgehead atoms. The molecular weight excluding hydrogens is 309 g/mol. The van der Waals surface area contributed by atoms with Gasteiger partial charge < -0.3 is 4.74 Å². The van der Waals surface area contributed by atoms with Crippen molar-refractivity contribution in [3.8, 4) is 5.75 Å². The van der Waals surface area contributed by atoms with E-state index in [-0.39, 0.29) is 5.82 Å². The summed E-state index contributed by atoms with van der Waals surface area (Å²) in [4.78, 5) is 2.40. The topological polar surface area (TPSA) is 12.5 Å². The standard InChI is InChI=1S/C15H21BrFNO/c1-19-14-7-6-12(15(17)9-14)11-18-8-4-2-3-5-13(18)10-16/h6-7,9,13H,2-5,8,10-11H2,1H3. The minimum atomic E-state index is -0.170. The van der Waals surface area contributed by atoms with Crippen LogP contribution in [-0.4, -0.2) is 29.9 Å². The summed E-state index contributed by atoms with van der Waals surface area (Å²) in [5.74, 6) is 0.408. The third-order valence-corrected chi connectivity index (χ3v) is 4.56. The first-order chi connectivity index (χ1) is 9.24. The van der Waals surface area contributed by atoms with Crippen LogP contribution in [0.15, 0.2) is 18.2 Å². The zero-order valence-corrected chi connectivity index (χ0v) is 13.0. The Balaban J connectivity index is 2.09. The summed E-state index contributed by atoms with van der Waals surface area (Å²) in [6, 6.07) is 5.66. The van der Waals surface area contributed by atoms with E-state index < -0.39 is 0 Å². The molecule has 2 rings (SSSR count). The van der Waals surface area contributed by atoms with Crippen molar-refractivity contribution in [3.63, 3.8) is 0 Å². The van der Waals surface area contributed by atoms with Gasteiger partial charge in [-0.2, -0.15) is 0 Å². The number of likely N-dealkylation sites (tertiary alicyclic amines) is 1. The second-order valence-electron chi connectivity index (χ2n) is 5.09. The number of ether oxygens (including phenoxy) is 1. The first-order valence-electron chi connectivity index (χ1n) is 6.87. The van der Waals surface area contributed by atoms with E-state index in [9.17, 15) is 4.39 Å². The fraction of sp³-hybridized carbons (Fsp3) is 0.600. The number of alkyl halides is 1. The van der Waals surface area contributed by atoms with Crippen LogP contribution in [0.25, 0.3) is 0 Å². The molecule has 0 radical (unpaired) electrons. The van der Waals surface area contributed by atoms with Gasteiger partial charge in [0.2, 0.25) is 0 Å². The van der Waals surface area contributed by atoms with Gasteiger partial charge in [-0.3, -0.25) is 4.90 Å². The zero-order chi connectivity index (χ0) is 13.7. The van der Waals surface area contributed by atoms with E-state index in [1.165, 1.54) is 31.7 Å². The molecule has 2 nitrogen and oxygen atoms in total. The lowest BCUT2D eigenvalue weighted by atomic mass is 10.1. The number of rotatable bonds is 4. The van der Waals surface area contributed by atoms with Crippen LogP contribution in [0, 0.1) is 5.82 Å². The molecule has 1 aliphatic heterocycles. The quantitative estimate of drug-likeness (QED) is 0.775. The molecule has 0 saturated carbocycles. The third-order valence-electron chi connectivity index (χ3n) is 3.81. The second kappa shape index (κ2) is 7.25. The lowest BCUT2D eigenvalue weighted by Gasteiger charge is -2.28. The Morgan fingerprint density at radius 1 is 1.37 bits per heavy atom. The van der Waals surface area contributed by atoms with E-state index in [0.717, 1.165) is 17.4 Å². The summed E-state index contributed by atoms with van der Waals surface area (Å²) in [5.41, 5.74) is 0.758. The number of methoxy groups -OCH3 is 1. The summed E-state index contributed by atoms with van der Waals surface area (Å²) >= 11 is 3.59. The summed E-state index contributed by atoms with van der Waals surface area (Å²) < 4.78 is 19.0. The average Bonchev–Trinajstić information content (AvgIpc) is 2.66. The van der Waals surface area contributed by atoms with Crippen molar-refractivity contribution in [1.29, 1.82) is 0 Å². The SMILES string of the molecule is COc1ccc(CN2CCCCCC2CBr)c(F)c1. The Hall–Kier alpha value is -0.610. The van der Waals surface area contributed by atoms with Crippen molar-refractivity contribution in [2.45, 2.75) is 38.3 Å². The van der Waals surface area contributed by atoms with E-state index in [2.05, 4.69) is 20.8 Å². The Labute approximate surface area is 123 Å². The molecule has 0 aliphatic carbocycles. The highest BCUT2D eigenvalue weighted by molar-refractivity contribution is 9.09. The molecule has 1 aliphatic rings. The largest absolute Gasteiger partial charge is 0.497 e. The van der Waals surface area contributed by atoms with Crippen LogP contribution in [0.2, 0.25) is 0 Å². The number of halogens is 2. The Kier molecular flexibility index (Phi) is 5.64. The van der Waals surface area contributed by atoms with E-state index >= 15 is 0 Å². The van der Waals surface area contributed by atoms with Crippen molar-refractivity contribution < 1.29 is 9.13 Å². The van der Waals surface area contributed by atoms with E-state index in [0.29, 0.717) is 18.3 Å². The van der Waals surface area contributed by atoms with Gasteiger partial charge in [0.25, 0.3) is 0 Å². The number of nitrogens with zero attached hydrogens (tertiary/aromatic N) is 1. The fourth-order valence-electron chi connectivity index (χ4n) is 2.62. The minimum absolute atomic E-state index is 0.170. The van der Waals surface area contributed by atoms with Crippen molar-refractivity contribution >= 4 is 15.9 Å². The van der Waals surface area contributed by atoms with Gasteiger partial charge in [0.1, 0.15) is 11.6 Å². The van der Waals surface area contributed by atoms with Crippen LogP contribution in [-0.2, 0) is 6.54 Å². The van der Waals surface area contributed by atoms with Crippen molar-refractivity contribution in [2.75, 3.05) is 19.0 Å². The van der Waals surface area contributed by atoms with Gasteiger partial charge in [0.15, 0.2) is 0 Å². The minimum Gasteiger partial charge on any atom is -0.497 e. The van der Waals surface area contributed by atoms with Crippen molar-refractivity contribution in [3.05, 3.63) is 29.6 Å². The molecular formula is C15H21BrFNO. The Morgan fingerprint density at radius 2 is 2.21 bits per heavy atom. The lowest BCUT2D eigenvalue weighted by molar-refractivity contribution is 0.206. The molecule has 1 fully saturated rings. The normalized spacial score (nSPS) is 21.1. The van der Waals surface area contributed by atoms with Crippen molar-refractivity contribution in [1.82, 2.24) is 4.90 Å². The smallest absolute Gasteiger partial charge is 0.131 e. The van der Waals surface area contributed by atoms with Gasteiger partial charge >= 0.3 is 0 Å². The number of hydrogen-bond acceptors (Lipinski definition) is 2. The van der Waals surface area contributed by atoms with Gasteiger partial charge in [0, 0.05) is 29.5 Å². The third kappa shape index (κ3) is 3.93. The Bertz CT molecular complexity index is 413. The van der Waals surface area contributed by atoms with Gasteiger partial charge in [-0.05, 0) is 25.5 Å². The Morgan fingerprint density at radius 3 is 2.89 bits per heavy atom. The van der Waals surface area contributed by atoms with Crippen LogP contribution in [0.5, 0.6) is 5.75 Å². The molecule has 0 amide bonds. The summed E-state index contributed by atoms with van der Waals surface area (Å²) in [6.45, 7) is 1.74. The van der Waals surface area contributed by atoms with Gasteiger partial charge in [-0.1, -0.05) is 34.8 Å². The van der Waals surface area contributed by atoms with Crippen LogP contribution >= 0.6 is 15.9 Å². The first kappa shape index (κ1) is 14.8. The molecule has 1 unspecified atom stereocenters. The average molecular weight is 330 g/mol. The highest BCUT2D eigenvalue weighted by Crippen LogP contribution is 2.23. The molecule has 1 atom stereocenters. The van der Waals surface area contributed by atoms with Crippen LogP contribution in [0.3, 0.4) is 0 Å². The summed E-state index contributed by atoms with van der Waals surface area (Å²) in [7, 11) is 1.56. The lowest BCUT2D eigenvalue weighted by Crippen LogP contribution is -2.35. The molecule has 1 saturated heterocycles. The van der Waals surface area contributed by atoms with Crippen LogP contribution in [0.1, 0.15) is 31.2 Å². The maximum absolute atomic E-state index is 14.0. The molecule has 0 aromatic heterocycles. The molecule has 0 N–H and O–H groups in total. The summed E-state index contributed by atoms with van der Waals surface area (Å²) in [6.07, 6.45) is 4.97. The molecule has 1 aromatic rings. The monoisotopic (exact) mass is 329 g/mol. The molecule has 1 heterocycles. The van der Waals surface area contributed by atoms with E-state index in [1.807, 2.05) is 12.1 Å². The second-order valence-corrected chi connectivity index (χ2v) is 5.73. The van der Waals surface area contributed by atoms with Crippen molar-refractivity contribution in [2.24, 2.45) is 0 Å². The van der Waals surface area contributed by atoms with E-state index in [4.69, 9.17) is 4.74 Å². The maximum Gasteiger partial charge on any atom is 0.131 e. The predicted octanol–water partition coefficient (Wildman–Crippen LogP) is 3.97. The highest BCUT2D eigenvalue weighted by atomic mass is 79.9. The molecule has 0 spiro atoms. The molecule has 106 valence electrons. The number of hydrogen-bond donors (Lipinski definition) is 0. The molecule has 19 heavy (non-hydrogen) atoms. The van der Waals surface area contributed by atoms with Gasteiger partial charge in [0.05, 0.1) is 7.11 Å². The van der Waals surface area contributed by atoms with E-state index in [1.54, 1.807) is 7.11 Å². The maximum atomic E-state index is 14.0. The number of benzene rings is 1. The first-order valence-corrected chi connectivity index (χ1v) is 7.99. The van der Waals surface area contributed by atoms with Crippen LogP contribution in [0.4, 0.5) is 4.39 Å². The predicted molar refractivity (Wildman–Crippen MR) is 79.4 cm³/mol. The van der Waals surface area contributed by atoms with Gasteiger partial charge in [-0.15, -0.1) is 0 Å². The summed E-state index contributed by atoms with van der Waals surface area (Å²) in [5, 5.41) is 0.963. The van der Waals surface area contributed by atoms with Gasteiger partial charge in [-0.25, -0.2) is 4.39 Å². The zero-order valence-electron chi connectivity index (χ0n) is 11.4. The molecule has 1 aromatic carbocycles.